The number of hydrogen-bond acceptors (Lipinski definition) is 4. The fourth-order valence-corrected chi connectivity index (χ4v) is 0.865. The van der Waals surface area contributed by atoms with Gasteiger partial charge in [-0.15, -0.1) is 0 Å². The van der Waals surface area contributed by atoms with Gasteiger partial charge in [0.2, 0.25) is 0 Å². The zero-order chi connectivity index (χ0) is 10.6. The first-order valence-corrected chi connectivity index (χ1v) is 3.59. The predicted molar refractivity (Wildman–Crippen MR) is 44.2 cm³/mol. The van der Waals surface area contributed by atoms with Gasteiger partial charge in [0.15, 0.2) is 12.4 Å². The molecule has 14 heavy (non-hydrogen) atoms. The molecule has 0 aromatic heterocycles. The molecule has 0 aliphatic heterocycles. The molecule has 1 rings (SSSR count). The smallest absolute Gasteiger partial charge is 0.313 e. The zero-order valence-electron chi connectivity index (χ0n) is 6.94. The third kappa shape index (κ3) is 2.17. The van der Waals surface area contributed by atoms with Crippen LogP contribution in [0.2, 0.25) is 0 Å². The van der Waals surface area contributed by atoms with E-state index in [1.807, 2.05) is 0 Å². The monoisotopic (exact) mass is 196 g/mol. The standard InChI is InChI=1S/C8H5FN2O3/c9-6-1-2-8(14-4-3-10)7(5-6)11(12)13/h1-2,5H,4H2. The van der Waals surface area contributed by atoms with Crippen LogP contribution in [-0.2, 0) is 0 Å². The van der Waals surface area contributed by atoms with E-state index in [4.69, 9.17) is 10.00 Å². The molecule has 0 N–H and O–H groups in total. The van der Waals surface area contributed by atoms with Gasteiger partial charge in [0, 0.05) is 0 Å². The molecular weight excluding hydrogens is 191 g/mol. The van der Waals surface area contributed by atoms with Crippen molar-refractivity contribution in [3.63, 3.8) is 0 Å². The van der Waals surface area contributed by atoms with Crippen molar-refractivity contribution in [2.45, 2.75) is 0 Å². The van der Waals surface area contributed by atoms with Gasteiger partial charge in [0.1, 0.15) is 11.9 Å². The number of hydrogen-bond donors (Lipinski definition) is 0. The minimum absolute atomic E-state index is 0.113. The molecule has 0 amide bonds. The van der Waals surface area contributed by atoms with Gasteiger partial charge in [0.05, 0.1) is 11.0 Å². The van der Waals surface area contributed by atoms with Gasteiger partial charge in [-0.1, -0.05) is 0 Å². The number of nitriles is 1. The summed E-state index contributed by atoms with van der Waals surface area (Å²) in [7, 11) is 0. The molecule has 0 fully saturated rings. The summed E-state index contributed by atoms with van der Waals surface area (Å²) in [4.78, 5) is 9.65. The van der Waals surface area contributed by atoms with E-state index in [1.54, 1.807) is 6.07 Å². The molecule has 0 atom stereocenters. The Labute approximate surface area is 78.5 Å². The molecule has 0 aliphatic rings. The SMILES string of the molecule is N#CCOc1ccc(F)cc1[N+](=O)[O-]. The fourth-order valence-electron chi connectivity index (χ4n) is 0.865. The van der Waals surface area contributed by atoms with Crippen molar-refractivity contribution in [3.05, 3.63) is 34.1 Å². The van der Waals surface area contributed by atoms with Crippen molar-refractivity contribution < 1.29 is 14.1 Å². The maximum atomic E-state index is 12.6. The molecule has 5 nitrogen and oxygen atoms in total. The molecule has 0 unspecified atom stereocenters. The maximum absolute atomic E-state index is 12.6. The van der Waals surface area contributed by atoms with Gasteiger partial charge in [-0.05, 0) is 12.1 Å². The fraction of sp³-hybridized carbons (Fsp3) is 0.125. The molecule has 0 heterocycles. The van der Waals surface area contributed by atoms with Crippen molar-refractivity contribution in [2.75, 3.05) is 6.61 Å². The Kier molecular flexibility index (Phi) is 2.97. The summed E-state index contributed by atoms with van der Waals surface area (Å²) in [5.74, 6) is -0.834. The van der Waals surface area contributed by atoms with Crippen LogP contribution in [0.25, 0.3) is 0 Å². The first kappa shape index (κ1) is 9.92. The maximum Gasteiger partial charge on any atom is 0.313 e. The van der Waals surface area contributed by atoms with Crippen LogP contribution in [0, 0.1) is 27.3 Å². The first-order valence-electron chi connectivity index (χ1n) is 3.59. The molecule has 1 aromatic rings. The van der Waals surface area contributed by atoms with Crippen LogP contribution in [-0.4, -0.2) is 11.5 Å². The second kappa shape index (κ2) is 4.18. The lowest BCUT2D eigenvalue weighted by molar-refractivity contribution is -0.386. The van der Waals surface area contributed by atoms with Crippen LogP contribution in [0.15, 0.2) is 18.2 Å². The van der Waals surface area contributed by atoms with Crippen LogP contribution in [0.3, 0.4) is 0 Å². The minimum Gasteiger partial charge on any atom is -0.472 e. The number of nitrogens with zero attached hydrogens (tertiary/aromatic N) is 2. The van der Waals surface area contributed by atoms with Crippen molar-refractivity contribution in [2.24, 2.45) is 0 Å². The third-order valence-electron chi connectivity index (χ3n) is 1.41. The van der Waals surface area contributed by atoms with Crippen LogP contribution in [0.4, 0.5) is 10.1 Å². The van der Waals surface area contributed by atoms with Gasteiger partial charge in [-0.25, -0.2) is 4.39 Å². The van der Waals surface area contributed by atoms with E-state index in [9.17, 15) is 14.5 Å². The average Bonchev–Trinajstić information content (AvgIpc) is 2.15. The Hall–Kier alpha value is -2.16. The molecule has 6 heteroatoms. The minimum atomic E-state index is -0.768. The van der Waals surface area contributed by atoms with E-state index >= 15 is 0 Å². The number of benzene rings is 1. The summed E-state index contributed by atoms with van der Waals surface area (Å²) in [5.41, 5.74) is -0.486. The second-order valence-corrected chi connectivity index (χ2v) is 2.32. The summed E-state index contributed by atoms with van der Waals surface area (Å²) in [6, 6.07) is 4.54. The van der Waals surface area contributed by atoms with Gasteiger partial charge in [-0.3, -0.25) is 10.1 Å². The highest BCUT2D eigenvalue weighted by atomic mass is 19.1. The van der Waals surface area contributed by atoms with Gasteiger partial charge in [0.25, 0.3) is 0 Å². The number of rotatable bonds is 3. The number of ether oxygens (including phenoxy) is 1. The molecule has 0 bridgehead atoms. The molecule has 0 radical (unpaired) electrons. The topological polar surface area (TPSA) is 76.2 Å². The Bertz CT molecular complexity index is 400. The molecule has 72 valence electrons. The first-order chi connectivity index (χ1) is 6.65. The predicted octanol–water partition coefficient (Wildman–Crippen LogP) is 1.64. The van der Waals surface area contributed by atoms with E-state index < -0.39 is 16.4 Å². The second-order valence-electron chi connectivity index (χ2n) is 2.32. The van der Waals surface area contributed by atoms with E-state index in [2.05, 4.69) is 0 Å². The Morgan fingerprint density at radius 2 is 2.36 bits per heavy atom. The zero-order valence-corrected chi connectivity index (χ0v) is 6.94. The lowest BCUT2D eigenvalue weighted by Gasteiger charge is -2.01. The molecule has 0 aliphatic carbocycles. The highest BCUT2D eigenvalue weighted by molar-refractivity contribution is 5.46. The van der Waals surface area contributed by atoms with Crippen LogP contribution >= 0.6 is 0 Å². The summed E-state index contributed by atoms with van der Waals surface area (Å²) < 4.78 is 17.3. The van der Waals surface area contributed by atoms with Crippen LogP contribution in [0.1, 0.15) is 0 Å². The molecule has 1 aromatic carbocycles. The van der Waals surface area contributed by atoms with Gasteiger partial charge >= 0.3 is 5.69 Å². The summed E-state index contributed by atoms with van der Waals surface area (Å²) in [5, 5.41) is 18.6. The lowest BCUT2D eigenvalue weighted by atomic mass is 10.3. The third-order valence-corrected chi connectivity index (χ3v) is 1.41. The molecule has 0 saturated carbocycles. The number of halogens is 1. The highest BCUT2D eigenvalue weighted by Gasteiger charge is 2.15. The highest BCUT2D eigenvalue weighted by Crippen LogP contribution is 2.27. The quantitative estimate of drug-likeness (QED) is 0.543. The van der Waals surface area contributed by atoms with Crippen LogP contribution < -0.4 is 4.74 Å². The van der Waals surface area contributed by atoms with E-state index in [0.717, 1.165) is 18.2 Å². The lowest BCUT2D eigenvalue weighted by Crippen LogP contribution is -1.98. The van der Waals surface area contributed by atoms with Crippen molar-refractivity contribution in [1.82, 2.24) is 0 Å². The Morgan fingerprint density at radius 3 is 2.93 bits per heavy atom. The Morgan fingerprint density at radius 1 is 1.64 bits per heavy atom. The number of nitro benzene ring substituents is 1. The van der Waals surface area contributed by atoms with Crippen molar-refractivity contribution in [3.8, 4) is 11.8 Å². The Balaban J connectivity index is 3.03. The summed E-state index contributed by atoms with van der Waals surface area (Å²) in [6.45, 7) is -0.313. The number of nitro groups is 1. The van der Waals surface area contributed by atoms with Crippen LogP contribution in [0.5, 0.6) is 5.75 Å². The van der Waals surface area contributed by atoms with E-state index in [0.29, 0.717) is 0 Å². The summed E-state index contributed by atoms with van der Waals surface area (Å²) >= 11 is 0. The molecule has 0 spiro atoms. The van der Waals surface area contributed by atoms with Crippen molar-refractivity contribution >= 4 is 5.69 Å². The van der Waals surface area contributed by atoms with Crippen molar-refractivity contribution in [1.29, 1.82) is 5.26 Å². The van der Waals surface area contributed by atoms with E-state index in [-0.39, 0.29) is 12.4 Å². The normalized spacial score (nSPS) is 9.14. The largest absolute Gasteiger partial charge is 0.472 e. The van der Waals surface area contributed by atoms with Gasteiger partial charge < -0.3 is 4.74 Å². The van der Waals surface area contributed by atoms with Gasteiger partial charge in [-0.2, -0.15) is 5.26 Å². The van der Waals surface area contributed by atoms with E-state index in [1.165, 1.54) is 0 Å². The summed E-state index contributed by atoms with van der Waals surface area (Å²) in [6.07, 6.45) is 0. The molecular formula is C8H5FN2O3. The average molecular weight is 196 g/mol. The molecule has 0 saturated heterocycles.